The van der Waals surface area contributed by atoms with Gasteiger partial charge in [-0.2, -0.15) is 0 Å². The van der Waals surface area contributed by atoms with Gasteiger partial charge in [0, 0.05) is 18.2 Å². The van der Waals surface area contributed by atoms with Crippen LogP contribution in [0.25, 0.3) is 0 Å². The highest BCUT2D eigenvalue weighted by Gasteiger charge is 2.28. The van der Waals surface area contributed by atoms with Crippen LogP contribution in [-0.4, -0.2) is 5.11 Å². The number of aliphatic hydroxyl groups excluding tert-OH is 1. The van der Waals surface area contributed by atoms with Crippen LogP contribution in [0.5, 0.6) is 0 Å². The van der Waals surface area contributed by atoms with Crippen molar-refractivity contribution in [2.75, 3.05) is 0 Å². The van der Waals surface area contributed by atoms with Crippen LogP contribution in [0.1, 0.15) is 35.2 Å². The molecule has 2 N–H and O–H groups in total. The van der Waals surface area contributed by atoms with E-state index < -0.39 is 0 Å². The summed E-state index contributed by atoms with van der Waals surface area (Å²) in [5.41, 5.74) is 4.14. The molecule has 1 aliphatic carbocycles. The van der Waals surface area contributed by atoms with Crippen molar-refractivity contribution in [2.24, 2.45) is 5.92 Å². The van der Waals surface area contributed by atoms with Crippen molar-refractivity contribution in [3.05, 3.63) is 70.5 Å². The normalized spacial score (nSPS) is 20.5. The summed E-state index contributed by atoms with van der Waals surface area (Å²) >= 11 is 0. The van der Waals surface area contributed by atoms with Gasteiger partial charge in [0.1, 0.15) is 5.82 Å². The predicted octanol–water partition coefficient (Wildman–Crippen LogP) is 3.34. The summed E-state index contributed by atoms with van der Waals surface area (Å²) in [7, 11) is 0. The van der Waals surface area contributed by atoms with Crippen molar-refractivity contribution >= 4 is 0 Å². The Morgan fingerprint density at radius 2 is 2.05 bits per heavy atom. The molecule has 0 bridgehead atoms. The number of hydrogen-bond donors (Lipinski definition) is 2. The van der Waals surface area contributed by atoms with Crippen molar-refractivity contribution in [2.45, 2.75) is 32.5 Å². The van der Waals surface area contributed by atoms with Crippen LogP contribution in [0.15, 0.2) is 42.5 Å². The van der Waals surface area contributed by atoms with Gasteiger partial charge >= 0.3 is 0 Å². The van der Waals surface area contributed by atoms with E-state index in [1.54, 1.807) is 12.1 Å². The van der Waals surface area contributed by atoms with Crippen molar-refractivity contribution < 1.29 is 9.50 Å². The molecule has 2 aromatic carbocycles. The average Bonchev–Trinajstić information content (AvgIpc) is 2.82. The first-order valence-electron chi connectivity index (χ1n) is 7.38. The third-order valence-corrected chi connectivity index (χ3v) is 4.31. The molecule has 0 heterocycles. The van der Waals surface area contributed by atoms with Crippen LogP contribution in [-0.2, 0) is 19.6 Å². The second-order valence-electron chi connectivity index (χ2n) is 5.82. The van der Waals surface area contributed by atoms with E-state index in [-0.39, 0.29) is 12.4 Å². The molecule has 0 radical (unpaired) electrons. The van der Waals surface area contributed by atoms with Crippen LogP contribution in [0.3, 0.4) is 0 Å². The van der Waals surface area contributed by atoms with Gasteiger partial charge < -0.3 is 10.4 Å². The number of nitrogens with one attached hydrogen (secondary N) is 1. The average molecular weight is 285 g/mol. The molecule has 0 fully saturated rings. The molecule has 2 unspecified atom stereocenters. The first-order valence-corrected chi connectivity index (χ1v) is 7.38. The summed E-state index contributed by atoms with van der Waals surface area (Å²) in [6, 6.07) is 13.8. The molecule has 0 saturated carbocycles. The number of aliphatic hydroxyl groups is 1. The molecule has 0 aliphatic heterocycles. The second-order valence-corrected chi connectivity index (χ2v) is 5.82. The van der Waals surface area contributed by atoms with Gasteiger partial charge in [-0.3, -0.25) is 0 Å². The van der Waals surface area contributed by atoms with E-state index in [1.807, 2.05) is 0 Å². The number of fused-ring (bicyclic) bond motifs is 1. The van der Waals surface area contributed by atoms with E-state index in [9.17, 15) is 4.39 Å². The molecule has 2 aromatic rings. The Morgan fingerprint density at radius 1 is 1.24 bits per heavy atom. The minimum atomic E-state index is -0.346. The fourth-order valence-electron chi connectivity index (χ4n) is 3.19. The van der Waals surface area contributed by atoms with E-state index in [2.05, 4.69) is 36.5 Å². The SMILES string of the molecule is CC1Cc2ccccc2C1NCc1ccc(F)c(CO)c1. The number of benzene rings is 2. The van der Waals surface area contributed by atoms with Crippen molar-refractivity contribution in [3.63, 3.8) is 0 Å². The lowest BCUT2D eigenvalue weighted by atomic mass is 10.0. The predicted molar refractivity (Wildman–Crippen MR) is 81.2 cm³/mol. The summed E-state index contributed by atoms with van der Waals surface area (Å²) in [6.45, 7) is 2.67. The summed E-state index contributed by atoms with van der Waals surface area (Å²) in [5.74, 6) is 0.209. The van der Waals surface area contributed by atoms with E-state index in [0.717, 1.165) is 12.0 Å². The van der Waals surface area contributed by atoms with E-state index in [4.69, 9.17) is 5.11 Å². The van der Waals surface area contributed by atoms with Crippen molar-refractivity contribution in [1.29, 1.82) is 0 Å². The molecule has 2 nitrogen and oxygen atoms in total. The van der Waals surface area contributed by atoms with Gasteiger partial charge in [-0.25, -0.2) is 4.39 Å². The van der Waals surface area contributed by atoms with E-state index >= 15 is 0 Å². The highest BCUT2D eigenvalue weighted by molar-refractivity contribution is 5.35. The van der Waals surface area contributed by atoms with E-state index in [1.165, 1.54) is 17.2 Å². The van der Waals surface area contributed by atoms with Crippen LogP contribution < -0.4 is 5.32 Å². The maximum Gasteiger partial charge on any atom is 0.128 e. The maximum atomic E-state index is 13.4. The lowest BCUT2D eigenvalue weighted by molar-refractivity contribution is 0.275. The monoisotopic (exact) mass is 285 g/mol. The second kappa shape index (κ2) is 5.96. The van der Waals surface area contributed by atoms with E-state index in [0.29, 0.717) is 24.1 Å². The Morgan fingerprint density at radius 3 is 2.86 bits per heavy atom. The molecule has 3 heteroatoms. The van der Waals surface area contributed by atoms with Crippen LogP contribution >= 0.6 is 0 Å². The zero-order chi connectivity index (χ0) is 14.8. The fourth-order valence-corrected chi connectivity index (χ4v) is 3.19. The fraction of sp³-hybridized carbons (Fsp3) is 0.333. The zero-order valence-corrected chi connectivity index (χ0v) is 12.1. The number of rotatable bonds is 4. The quantitative estimate of drug-likeness (QED) is 0.903. The lowest BCUT2D eigenvalue weighted by Crippen LogP contribution is -2.23. The Hall–Kier alpha value is -1.71. The van der Waals surface area contributed by atoms with Gasteiger partial charge in [0.05, 0.1) is 6.61 Å². The highest BCUT2D eigenvalue weighted by atomic mass is 19.1. The summed E-state index contributed by atoms with van der Waals surface area (Å²) in [6.07, 6.45) is 1.10. The minimum absolute atomic E-state index is 0.262. The number of halogens is 1. The van der Waals surface area contributed by atoms with Crippen molar-refractivity contribution in [1.82, 2.24) is 5.32 Å². The van der Waals surface area contributed by atoms with Gasteiger partial charge in [0.15, 0.2) is 0 Å². The Bertz CT molecular complexity index is 641. The standard InChI is InChI=1S/C18H20FNO/c1-12-8-14-4-2-3-5-16(14)18(12)20-10-13-6-7-17(19)15(9-13)11-21/h2-7,9,12,18,20-21H,8,10-11H2,1H3. The summed E-state index contributed by atoms with van der Waals surface area (Å²) in [5, 5.41) is 12.7. The summed E-state index contributed by atoms with van der Waals surface area (Å²) < 4.78 is 13.4. The molecule has 0 saturated heterocycles. The van der Waals surface area contributed by atoms with Gasteiger partial charge in [0.2, 0.25) is 0 Å². The Balaban J connectivity index is 1.73. The van der Waals surface area contributed by atoms with Gasteiger partial charge in [0.25, 0.3) is 0 Å². The Labute approximate surface area is 124 Å². The topological polar surface area (TPSA) is 32.3 Å². The maximum absolute atomic E-state index is 13.4. The van der Waals surface area contributed by atoms with Gasteiger partial charge in [-0.05, 0) is 41.2 Å². The van der Waals surface area contributed by atoms with Crippen LogP contribution in [0, 0.1) is 11.7 Å². The first kappa shape index (κ1) is 14.2. The first-order chi connectivity index (χ1) is 10.2. The molecule has 21 heavy (non-hydrogen) atoms. The largest absolute Gasteiger partial charge is 0.392 e. The molecule has 2 atom stereocenters. The third-order valence-electron chi connectivity index (χ3n) is 4.31. The molecule has 3 rings (SSSR count). The molecule has 0 amide bonds. The molecule has 1 aliphatic rings. The third kappa shape index (κ3) is 2.85. The molecule has 0 spiro atoms. The summed E-state index contributed by atoms with van der Waals surface area (Å²) in [4.78, 5) is 0. The highest BCUT2D eigenvalue weighted by Crippen LogP contribution is 2.35. The van der Waals surface area contributed by atoms with Gasteiger partial charge in [-0.1, -0.05) is 37.3 Å². The van der Waals surface area contributed by atoms with Crippen molar-refractivity contribution in [3.8, 4) is 0 Å². The molecular formula is C18H20FNO. The smallest absolute Gasteiger partial charge is 0.128 e. The van der Waals surface area contributed by atoms with Gasteiger partial charge in [-0.15, -0.1) is 0 Å². The lowest BCUT2D eigenvalue weighted by Gasteiger charge is -2.19. The van der Waals surface area contributed by atoms with Crippen LogP contribution in [0.2, 0.25) is 0 Å². The molecule has 110 valence electrons. The molecule has 0 aromatic heterocycles. The molecular weight excluding hydrogens is 265 g/mol. The Kier molecular flexibility index (Phi) is 4.04. The number of hydrogen-bond acceptors (Lipinski definition) is 2. The van der Waals surface area contributed by atoms with Crippen LogP contribution in [0.4, 0.5) is 4.39 Å². The zero-order valence-electron chi connectivity index (χ0n) is 12.1. The minimum Gasteiger partial charge on any atom is -0.392 e.